The predicted octanol–water partition coefficient (Wildman–Crippen LogP) is -0.551. The van der Waals surface area contributed by atoms with Gasteiger partial charge < -0.3 is 15.7 Å². The third kappa shape index (κ3) is 5.77. The fraction of sp³-hybridized carbons (Fsp3) is 0.421. The van der Waals surface area contributed by atoms with Gasteiger partial charge in [0, 0.05) is 51.0 Å². The van der Waals surface area contributed by atoms with Crippen LogP contribution in [0.3, 0.4) is 0 Å². The fourth-order valence-electron chi connectivity index (χ4n) is 3.31. The molecule has 0 unspecified atom stereocenters. The number of benzene rings is 1. The van der Waals surface area contributed by atoms with Crippen molar-refractivity contribution in [3.8, 4) is 0 Å². The Bertz CT molecular complexity index is 877. The van der Waals surface area contributed by atoms with Gasteiger partial charge in [-0.05, 0) is 12.1 Å². The second kappa shape index (κ2) is 9.83. The first-order valence-corrected chi connectivity index (χ1v) is 9.70. The molecular formula is C19H26N8O3. The number of carboxylic acids is 1. The number of piperazine rings is 1. The molecule has 1 aromatic carbocycles. The molecule has 4 N–H and O–H groups in total. The molecule has 1 fully saturated rings. The summed E-state index contributed by atoms with van der Waals surface area (Å²) in [6.45, 7) is 3.41. The highest BCUT2D eigenvalue weighted by atomic mass is 16.4. The van der Waals surface area contributed by atoms with Crippen LogP contribution in [-0.4, -0.2) is 87.0 Å². The van der Waals surface area contributed by atoms with Gasteiger partial charge in [0.2, 0.25) is 5.91 Å². The number of nitrogens with one attached hydrogen (secondary N) is 1. The van der Waals surface area contributed by atoms with Crippen molar-refractivity contribution < 1.29 is 14.7 Å². The molecular weight excluding hydrogens is 388 g/mol. The van der Waals surface area contributed by atoms with Crippen LogP contribution in [0.15, 0.2) is 36.5 Å². The van der Waals surface area contributed by atoms with Gasteiger partial charge in [-0.25, -0.2) is 4.68 Å². The minimum atomic E-state index is -1.09. The molecule has 0 spiro atoms. The zero-order valence-electron chi connectivity index (χ0n) is 16.6. The Morgan fingerprint density at radius 2 is 1.87 bits per heavy atom. The first-order chi connectivity index (χ1) is 14.4. The standard InChI is InChI=1S/C19H26N8O3/c20-19(21)25-10-8-24(9-11-25)7-6-15-12-26(23-22-15)13-17(28)27(14-18(29)30)16-4-2-1-3-5-16/h1-5,12H,6-11,13-14H2,(H3,20,21)(H,29,30). The van der Waals surface area contributed by atoms with Gasteiger partial charge in [-0.3, -0.25) is 24.8 Å². The summed E-state index contributed by atoms with van der Waals surface area (Å²) in [5.74, 6) is -1.36. The van der Waals surface area contributed by atoms with Crippen LogP contribution >= 0.6 is 0 Å². The summed E-state index contributed by atoms with van der Waals surface area (Å²) in [4.78, 5) is 29.2. The molecule has 1 aliphatic rings. The van der Waals surface area contributed by atoms with Crippen LogP contribution in [0.2, 0.25) is 0 Å². The molecule has 0 bridgehead atoms. The molecule has 1 aromatic heterocycles. The number of aromatic nitrogens is 3. The lowest BCUT2D eigenvalue weighted by Gasteiger charge is -2.34. The molecule has 30 heavy (non-hydrogen) atoms. The number of amides is 1. The summed E-state index contributed by atoms with van der Waals surface area (Å²) < 4.78 is 1.43. The van der Waals surface area contributed by atoms with Gasteiger partial charge in [0.25, 0.3) is 0 Å². The Kier molecular flexibility index (Phi) is 6.96. The number of nitrogens with two attached hydrogens (primary N) is 1. The number of carbonyl (C=O) groups excluding carboxylic acids is 1. The van der Waals surface area contributed by atoms with E-state index in [1.54, 1.807) is 36.5 Å². The number of carbonyl (C=O) groups is 2. The number of hydrogen-bond acceptors (Lipinski definition) is 6. The summed E-state index contributed by atoms with van der Waals surface area (Å²) in [5.41, 5.74) is 6.80. The number of carboxylic acid groups (broad SMARTS) is 1. The molecule has 11 nitrogen and oxygen atoms in total. The van der Waals surface area contributed by atoms with E-state index in [4.69, 9.17) is 16.2 Å². The maximum absolute atomic E-state index is 12.7. The predicted molar refractivity (Wildman–Crippen MR) is 110 cm³/mol. The topological polar surface area (TPSA) is 145 Å². The van der Waals surface area contributed by atoms with E-state index >= 15 is 0 Å². The van der Waals surface area contributed by atoms with Crippen molar-refractivity contribution in [1.29, 1.82) is 5.41 Å². The smallest absolute Gasteiger partial charge is 0.323 e. The van der Waals surface area contributed by atoms with Crippen molar-refractivity contribution in [2.45, 2.75) is 13.0 Å². The number of nitrogens with zero attached hydrogens (tertiary/aromatic N) is 6. The fourth-order valence-corrected chi connectivity index (χ4v) is 3.31. The summed E-state index contributed by atoms with van der Waals surface area (Å²) in [7, 11) is 0. The number of guanidine groups is 1. The minimum absolute atomic E-state index is 0.0908. The third-order valence-electron chi connectivity index (χ3n) is 4.94. The number of hydrogen-bond donors (Lipinski definition) is 3. The van der Waals surface area contributed by atoms with E-state index in [-0.39, 0.29) is 18.4 Å². The van der Waals surface area contributed by atoms with Crippen LogP contribution in [0.25, 0.3) is 0 Å². The molecule has 0 aliphatic carbocycles. The van der Waals surface area contributed by atoms with E-state index in [9.17, 15) is 9.59 Å². The molecule has 2 aromatic rings. The second-order valence-corrected chi connectivity index (χ2v) is 7.08. The second-order valence-electron chi connectivity index (χ2n) is 7.08. The first kappa shape index (κ1) is 21.2. The van der Waals surface area contributed by atoms with Crippen molar-refractivity contribution in [2.75, 3.05) is 44.2 Å². The monoisotopic (exact) mass is 414 g/mol. The molecule has 0 saturated carbocycles. The SMILES string of the molecule is N=C(N)N1CCN(CCc2cn(CC(=O)N(CC(=O)O)c3ccccc3)nn2)CC1. The van der Waals surface area contributed by atoms with Gasteiger partial charge in [-0.1, -0.05) is 23.4 Å². The molecule has 0 radical (unpaired) electrons. The number of anilines is 1. The van der Waals surface area contributed by atoms with Gasteiger partial charge >= 0.3 is 5.97 Å². The maximum Gasteiger partial charge on any atom is 0.323 e. The van der Waals surface area contributed by atoms with Gasteiger partial charge in [-0.2, -0.15) is 0 Å². The average molecular weight is 414 g/mol. The van der Waals surface area contributed by atoms with Crippen LogP contribution in [0, 0.1) is 5.41 Å². The Hall–Kier alpha value is -3.47. The molecule has 1 amide bonds. The lowest BCUT2D eigenvalue weighted by molar-refractivity contribution is -0.136. The first-order valence-electron chi connectivity index (χ1n) is 9.70. The Morgan fingerprint density at radius 1 is 1.17 bits per heavy atom. The van der Waals surface area contributed by atoms with Crippen molar-refractivity contribution in [3.05, 3.63) is 42.2 Å². The van der Waals surface area contributed by atoms with Crippen LogP contribution in [0.5, 0.6) is 0 Å². The van der Waals surface area contributed by atoms with Gasteiger partial charge in [0.15, 0.2) is 5.96 Å². The summed E-state index contributed by atoms with van der Waals surface area (Å²) >= 11 is 0. The van der Waals surface area contributed by atoms with Crippen LogP contribution in [-0.2, 0) is 22.6 Å². The van der Waals surface area contributed by atoms with Gasteiger partial charge in [0.05, 0.1) is 5.69 Å². The quantitative estimate of drug-likeness (QED) is 0.385. The highest BCUT2D eigenvalue weighted by Crippen LogP contribution is 2.14. The van der Waals surface area contributed by atoms with Crippen LogP contribution in [0.4, 0.5) is 5.69 Å². The van der Waals surface area contributed by atoms with Crippen molar-refractivity contribution in [1.82, 2.24) is 24.8 Å². The normalized spacial score (nSPS) is 14.5. The van der Waals surface area contributed by atoms with Crippen molar-refractivity contribution in [2.24, 2.45) is 5.73 Å². The summed E-state index contributed by atoms with van der Waals surface area (Å²) in [6.07, 6.45) is 2.40. The maximum atomic E-state index is 12.7. The Balaban J connectivity index is 1.53. The molecule has 11 heteroatoms. The summed E-state index contributed by atoms with van der Waals surface area (Å²) in [5, 5.41) is 24.8. The van der Waals surface area contributed by atoms with Gasteiger partial charge in [0.1, 0.15) is 13.1 Å². The number of para-hydroxylation sites is 1. The Morgan fingerprint density at radius 3 is 2.50 bits per heavy atom. The minimum Gasteiger partial charge on any atom is -0.480 e. The lowest BCUT2D eigenvalue weighted by Crippen LogP contribution is -2.51. The van der Waals surface area contributed by atoms with E-state index in [0.717, 1.165) is 38.4 Å². The third-order valence-corrected chi connectivity index (χ3v) is 4.94. The Labute approximate surface area is 174 Å². The molecule has 1 saturated heterocycles. The molecule has 1 aliphatic heterocycles. The molecule has 0 atom stereocenters. The number of aliphatic carboxylic acids is 1. The highest BCUT2D eigenvalue weighted by Gasteiger charge is 2.20. The van der Waals surface area contributed by atoms with Crippen LogP contribution < -0.4 is 10.6 Å². The van der Waals surface area contributed by atoms with Crippen molar-refractivity contribution >= 4 is 23.5 Å². The molecule has 2 heterocycles. The van der Waals surface area contributed by atoms with Gasteiger partial charge in [-0.15, -0.1) is 5.10 Å². The van der Waals surface area contributed by atoms with E-state index in [1.165, 1.54) is 9.58 Å². The largest absolute Gasteiger partial charge is 0.480 e. The highest BCUT2D eigenvalue weighted by molar-refractivity contribution is 5.97. The van der Waals surface area contributed by atoms with E-state index in [0.29, 0.717) is 12.1 Å². The van der Waals surface area contributed by atoms with E-state index in [2.05, 4.69) is 15.2 Å². The van der Waals surface area contributed by atoms with E-state index < -0.39 is 12.5 Å². The average Bonchev–Trinajstić information content (AvgIpc) is 3.18. The van der Waals surface area contributed by atoms with E-state index in [1.807, 2.05) is 4.90 Å². The lowest BCUT2D eigenvalue weighted by atomic mass is 10.2. The zero-order chi connectivity index (χ0) is 21.5. The molecule has 3 rings (SSSR count). The summed E-state index contributed by atoms with van der Waals surface area (Å²) in [6, 6.07) is 8.69. The van der Waals surface area contributed by atoms with Crippen molar-refractivity contribution in [3.63, 3.8) is 0 Å². The molecule has 160 valence electrons. The zero-order valence-corrected chi connectivity index (χ0v) is 16.6. The number of rotatable bonds is 8. The van der Waals surface area contributed by atoms with Crippen LogP contribution in [0.1, 0.15) is 5.69 Å².